The molecule has 0 spiro atoms. The molecule has 20 heavy (non-hydrogen) atoms. The third-order valence-corrected chi connectivity index (χ3v) is 3.06. The van der Waals surface area contributed by atoms with Crippen LogP contribution in [-0.4, -0.2) is 17.6 Å². The molecule has 0 saturated carbocycles. The molecule has 0 aliphatic carbocycles. The molecule has 106 valence electrons. The van der Waals surface area contributed by atoms with Gasteiger partial charge in [-0.15, -0.1) is 0 Å². The highest BCUT2D eigenvalue weighted by molar-refractivity contribution is 6.04. The number of aromatic nitrogens is 1. The average Bonchev–Trinajstić information content (AvgIpc) is 2.88. The molecular formula is C16H20N2O2. The topological polar surface area (TPSA) is 43.3 Å². The first-order valence-corrected chi connectivity index (χ1v) is 6.54. The van der Waals surface area contributed by atoms with Gasteiger partial charge in [-0.25, -0.2) is 0 Å². The number of anilines is 1. The summed E-state index contributed by atoms with van der Waals surface area (Å²) in [5.41, 5.74) is 1.33. The summed E-state index contributed by atoms with van der Waals surface area (Å²) in [6.45, 7) is 6.28. The van der Waals surface area contributed by atoms with E-state index in [1.54, 1.807) is 13.2 Å². The predicted octanol–water partition coefficient (Wildman–Crippen LogP) is 3.50. The van der Waals surface area contributed by atoms with Crippen molar-refractivity contribution in [2.75, 3.05) is 12.4 Å². The van der Waals surface area contributed by atoms with E-state index in [2.05, 4.69) is 26.1 Å². The van der Waals surface area contributed by atoms with Crippen LogP contribution in [0.1, 0.15) is 31.1 Å². The van der Waals surface area contributed by atoms with Crippen LogP contribution in [0, 0.1) is 0 Å². The van der Waals surface area contributed by atoms with Gasteiger partial charge < -0.3 is 14.6 Å². The lowest BCUT2D eigenvalue weighted by Gasteiger charge is -2.20. The molecule has 0 aliphatic heterocycles. The smallest absolute Gasteiger partial charge is 0.257 e. The Hall–Kier alpha value is -2.23. The Labute approximate surface area is 119 Å². The number of nitrogens with zero attached hydrogens (tertiary/aromatic N) is 1. The number of benzene rings is 1. The number of hydrogen-bond donors (Lipinski definition) is 1. The number of amides is 1. The van der Waals surface area contributed by atoms with E-state index in [0.717, 1.165) is 11.4 Å². The first kappa shape index (κ1) is 14.2. The van der Waals surface area contributed by atoms with Crippen molar-refractivity contribution in [2.45, 2.75) is 26.3 Å². The molecule has 4 nitrogen and oxygen atoms in total. The molecule has 0 radical (unpaired) electrons. The van der Waals surface area contributed by atoms with Crippen LogP contribution < -0.4 is 10.1 Å². The van der Waals surface area contributed by atoms with Crippen LogP contribution in [0.2, 0.25) is 0 Å². The van der Waals surface area contributed by atoms with Gasteiger partial charge in [-0.05, 0) is 39.0 Å². The van der Waals surface area contributed by atoms with Gasteiger partial charge in [0.25, 0.3) is 5.91 Å². The highest BCUT2D eigenvalue weighted by atomic mass is 16.5. The van der Waals surface area contributed by atoms with E-state index in [1.807, 2.05) is 41.2 Å². The van der Waals surface area contributed by atoms with E-state index in [9.17, 15) is 4.79 Å². The molecule has 1 heterocycles. The summed E-state index contributed by atoms with van der Waals surface area (Å²) in [7, 11) is 1.60. The highest BCUT2D eigenvalue weighted by Crippen LogP contribution is 2.19. The summed E-state index contributed by atoms with van der Waals surface area (Å²) in [6, 6.07) is 9.13. The van der Waals surface area contributed by atoms with Crippen molar-refractivity contribution in [3.05, 3.63) is 48.3 Å². The zero-order valence-electron chi connectivity index (χ0n) is 12.3. The number of methoxy groups -OCH3 is 1. The van der Waals surface area contributed by atoms with Crippen LogP contribution in [0.15, 0.2) is 42.7 Å². The Morgan fingerprint density at radius 3 is 2.60 bits per heavy atom. The number of nitrogens with one attached hydrogen (secondary N) is 1. The van der Waals surface area contributed by atoms with Crippen molar-refractivity contribution in [3.63, 3.8) is 0 Å². The van der Waals surface area contributed by atoms with E-state index in [-0.39, 0.29) is 11.4 Å². The minimum Gasteiger partial charge on any atom is -0.497 e. The molecule has 1 aromatic carbocycles. The van der Waals surface area contributed by atoms with Gasteiger partial charge in [-0.2, -0.15) is 0 Å². The number of rotatable bonds is 3. The summed E-state index contributed by atoms with van der Waals surface area (Å²) in [6.07, 6.45) is 3.77. The number of carbonyl (C=O) groups is 1. The maximum atomic E-state index is 12.2. The van der Waals surface area contributed by atoms with Gasteiger partial charge >= 0.3 is 0 Å². The lowest BCUT2D eigenvalue weighted by Crippen LogP contribution is -2.20. The van der Waals surface area contributed by atoms with E-state index in [0.29, 0.717) is 5.56 Å². The van der Waals surface area contributed by atoms with Crippen molar-refractivity contribution < 1.29 is 9.53 Å². The minimum atomic E-state index is -0.124. The Morgan fingerprint density at radius 2 is 2.00 bits per heavy atom. The van der Waals surface area contributed by atoms with E-state index < -0.39 is 0 Å². The van der Waals surface area contributed by atoms with Gasteiger partial charge in [0.2, 0.25) is 0 Å². The molecule has 0 atom stereocenters. The Morgan fingerprint density at radius 1 is 1.25 bits per heavy atom. The standard InChI is InChI=1S/C16H20N2O2/c1-16(2,3)18-9-8-12(11-18)15(19)17-13-6-5-7-14(10-13)20-4/h5-11H,1-4H3,(H,17,19). The van der Waals surface area contributed by atoms with Crippen molar-refractivity contribution >= 4 is 11.6 Å². The summed E-state index contributed by atoms with van der Waals surface area (Å²) < 4.78 is 7.16. The third kappa shape index (κ3) is 3.20. The van der Waals surface area contributed by atoms with Crippen molar-refractivity contribution in [2.24, 2.45) is 0 Å². The first-order chi connectivity index (χ1) is 9.40. The summed E-state index contributed by atoms with van der Waals surface area (Å²) in [4.78, 5) is 12.2. The van der Waals surface area contributed by atoms with Crippen LogP contribution in [-0.2, 0) is 5.54 Å². The third-order valence-electron chi connectivity index (χ3n) is 3.06. The molecule has 0 aliphatic rings. The van der Waals surface area contributed by atoms with Gasteiger partial charge in [-0.1, -0.05) is 6.07 Å². The second kappa shape index (κ2) is 5.41. The van der Waals surface area contributed by atoms with Crippen LogP contribution in [0.25, 0.3) is 0 Å². The van der Waals surface area contributed by atoms with Crippen molar-refractivity contribution in [3.8, 4) is 5.75 Å². The summed E-state index contributed by atoms with van der Waals surface area (Å²) >= 11 is 0. The maximum absolute atomic E-state index is 12.2. The normalized spacial score (nSPS) is 11.2. The SMILES string of the molecule is COc1cccc(NC(=O)c2ccn(C(C)(C)C)c2)c1. The quantitative estimate of drug-likeness (QED) is 0.929. The second-order valence-corrected chi connectivity index (χ2v) is 5.66. The molecule has 2 aromatic rings. The van der Waals surface area contributed by atoms with Gasteiger partial charge in [0.1, 0.15) is 5.75 Å². The highest BCUT2D eigenvalue weighted by Gasteiger charge is 2.15. The molecule has 0 fully saturated rings. The zero-order valence-corrected chi connectivity index (χ0v) is 12.3. The Kier molecular flexibility index (Phi) is 3.84. The molecule has 4 heteroatoms. The molecule has 1 aromatic heterocycles. The van der Waals surface area contributed by atoms with Gasteiger partial charge in [0, 0.05) is 29.7 Å². The molecule has 1 N–H and O–H groups in total. The molecule has 0 unspecified atom stereocenters. The number of carbonyl (C=O) groups excluding carboxylic acids is 1. The van der Waals surface area contributed by atoms with E-state index in [1.165, 1.54) is 0 Å². The second-order valence-electron chi connectivity index (χ2n) is 5.66. The fraction of sp³-hybridized carbons (Fsp3) is 0.312. The molecular weight excluding hydrogens is 252 g/mol. The number of ether oxygens (including phenoxy) is 1. The fourth-order valence-electron chi connectivity index (χ4n) is 1.85. The van der Waals surface area contributed by atoms with Crippen LogP contribution >= 0.6 is 0 Å². The van der Waals surface area contributed by atoms with Gasteiger partial charge in [0.05, 0.1) is 12.7 Å². The largest absolute Gasteiger partial charge is 0.497 e. The predicted molar refractivity (Wildman–Crippen MR) is 80.4 cm³/mol. The fourth-order valence-corrected chi connectivity index (χ4v) is 1.85. The Bertz CT molecular complexity index is 609. The van der Waals surface area contributed by atoms with E-state index in [4.69, 9.17) is 4.74 Å². The zero-order chi connectivity index (χ0) is 14.8. The summed E-state index contributed by atoms with van der Waals surface area (Å²) in [5.74, 6) is 0.594. The number of hydrogen-bond acceptors (Lipinski definition) is 2. The average molecular weight is 272 g/mol. The van der Waals surface area contributed by atoms with Gasteiger partial charge in [0.15, 0.2) is 0 Å². The van der Waals surface area contributed by atoms with Crippen molar-refractivity contribution in [1.82, 2.24) is 4.57 Å². The molecule has 0 bridgehead atoms. The van der Waals surface area contributed by atoms with Gasteiger partial charge in [-0.3, -0.25) is 4.79 Å². The van der Waals surface area contributed by atoms with Crippen LogP contribution in [0.4, 0.5) is 5.69 Å². The monoisotopic (exact) mass is 272 g/mol. The lowest BCUT2D eigenvalue weighted by atomic mass is 10.1. The van der Waals surface area contributed by atoms with Crippen LogP contribution in [0.5, 0.6) is 5.75 Å². The van der Waals surface area contributed by atoms with E-state index >= 15 is 0 Å². The lowest BCUT2D eigenvalue weighted by molar-refractivity contribution is 0.102. The summed E-state index contributed by atoms with van der Waals surface area (Å²) in [5, 5.41) is 2.87. The minimum absolute atomic E-state index is 0.0332. The molecule has 0 saturated heterocycles. The molecule has 2 rings (SSSR count). The molecule has 1 amide bonds. The maximum Gasteiger partial charge on any atom is 0.257 e. The first-order valence-electron chi connectivity index (χ1n) is 6.54. The van der Waals surface area contributed by atoms with Crippen molar-refractivity contribution in [1.29, 1.82) is 0 Å². The van der Waals surface area contributed by atoms with Crippen LogP contribution in [0.3, 0.4) is 0 Å². The Balaban J connectivity index is 2.13.